The van der Waals surface area contributed by atoms with Crippen molar-refractivity contribution in [2.45, 2.75) is 6.10 Å². The molecule has 0 radical (unpaired) electrons. The molecule has 20 heavy (non-hydrogen) atoms. The Labute approximate surface area is 120 Å². The summed E-state index contributed by atoms with van der Waals surface area (Å²) in [5, 5.41) is 1.06. The zero-order valence-corrected chi connectivity index (χ0v) is 11.7. The number of anilines is 1. The number of furan rings is 1. The van der Waals surface area contributed by atoms with Gasteiger partial charge in [-0.3, -0.25) is 0 Å². The van der Waals surface area contributed by atoms with Gasteiger partial charge in [0.2, 0.25) is 0 Å². The number of morpholine rings is 1. The van der Waals surface area contributed by atoms with Gasteiger partial charge in [0.05, 0.1) is 29.6 Å². The summed E-state index contributed by atoms with van der Waals surface area (Å²) < 4.78 is 12.5. The molecule has 1 atom stereocenters. The molecule has 3 heterocycles. The smallest absolute Gasteiger partial charge is 0.186 e. The molecule has 1 aliphatic rings. The Morgan fingerprint density at radius 1 is 1.20 bits per heavy atom. The van der Waals surface area contributed by atoms with E-state index in [1.165, 1.54) is 4.70 Å². The molecule has 0 saturated carbocycles. The lowest BCUT2D eigenvalue weighted by atomic mass is 10.2. The molecule has 1 unspecified atom stereocenters. The molecule has 2 aromatic heterocycles. The van der Waals surface area contributed by atoms with E-state index in [1.54, 1.807) is 17.6 Å². The zero-order valence-electron chi connectivity index (χ0n) is 10.9. The van der Waals surface area contributed by atoms with E-state index in [1.807, 2.05) is 18.2 Å². The second-order valence-corrected chi connectivity index (χ2v) is 5.79. The molecule has 1 fully saturated rings. The third-order valence-corrected chi connectivity index (χ3v) is 4.58. The molecule has 0 amide bonds. The largest absolute Gasteiger partial charge is 0.467 e. The van der Waals surface area contributed by atoms with Gasteiger partial charge < -0.3 is 14.1 Å². The average Bonchev–Trinajstić information content (AvgIpc) is 3.16. The van der Waals surface area contributed by atoms with Crippen LogP contribution in [-0.4, -0.2) is 24.7 Å². The fourth-order valence-corrected chi connectivity index (χ4v) is 3.47. The predicted molar refractivity (Wildman–Crippen MR) is 79.2 cm³/mol. The number of aromatic nitrogens is 1. The number of benzene rings is 1. The maximum Gasteiger partial charge on any atom is 0.186 e. The van der Waals surface area contributed by atoms with Crippen LogP contribution >= 0.6 is 11.3 Å². The molecule has 5 heteroatoms. The molecule has 4 rings (SSSR count). The Balaban J connectivity index is 1.61. The fraction of sp³-hybridized carbons (Fsp3) is 0.267. The van der Waals surface area contributed by atoms with Crippen molar-refractivity contribution in [3.05, 3.63) is 48.4 Å². The summed E-state index contributed by atoms with van der Waals surface area (Å²) in [4.78, 5) is 6.99. The van der Waals surface area contributed by atoms with Gasteiger partial charge in [0.1, 0.15) is 11.9 Å². The maximum atomic E-state index is 5.79. The van der Waals surface area contributed by atoms with Gasteiger partial charge >= 0.3 is 0 Å². The normalized spacial score (nSPS) is 19.6. The molecule has 3 aromatic rings. The van der Waals surface area contributed by atoms with Gasteiger partial charge in [-0.05, 0) is 24.3 Å². The third-order valence-electron chi connectivity index (χ3n) is 3.48. The van der Waals surface area contributed by atoms with Crippen molar-refractivity contribution >= 4 is 26.7 Å². The quantitative estimate of drug-likeness (QED) is 0.723. The Kier molecular flexibility index (Phi) is 2.94. The van der Waals surface area contributed by atoms with Crippen LogP contribution in [0.2, 0.25) is 0 Å². The molecule has 0 bridgehead atoms. The fourth-order valence-electron chi connectivity index (χ4n) is 2.46. The Bertz CT molecular complexity index is 675. The van der Waals surface area contributed by atoms with Crippen LogP contribution in [0.25, 0.3) is 10.2 Å². The number of fused-ring (bicyclic) bond motifs is 1. The first-order chi connectivity index (χ1) is 9.90. The Morgan fingerprint density at radius 2 is 2.15 bits per heavy atom. The zero-order chi connectivity index (χ0) is 13.4. The van der Waals surface area contributed by atoms with Crippen LogP contribution in [-0.2, 0) is 4.74 Å². The molecule has 1 saturated heterocycles. The van der Waals surface area contributed by atoms with Crippen LogP contribution in [0.3, 0.4) is 0 Å². The minimum Gasteiger partial charge on any atom is -0.467 e. The Morgan fingerprint density at radius 3 is 3.00 bits per heavy atom. The van der Waals surface area contributed by atoms with Gasteiger partial charge in [-0.15, -0.1) is 0 Å². The van der Waals surface area contributed by atoms with Crippen molar-refractivity contribution in [1.82, 2.24) is 4.98 Å². The molecular weight excluding hydrogens is 272 g/mol. The number of thiazole rings is 1. The van der Waals surface area contributed by atoms with E-state index >= 15 is 0 Å². The molecular formula is C15H14N2O2S. The monoisotopic (exact) mass is 286 g/mol. The Hall–Kier alpha value is -1.85. The van der Waals surface area contributed by atoms with E-state index in [2.05, 4.69) is 23.1 Å². The molecule has 102 valence electrons. The van der Waals surface area contributed by atoms with Gasteiger partial charge in [0.15, 0.2) is 5.13 Å². The standard InChI is InChI=1S/C15H14N2O2S/c1-2-6-14-11(4-1)16-15(20-14)17-7-9-19-13(10-17)12-5-3-8-18-12/h1-6,8,13H,7,9-10H2. The predicted octanol–water partition coefficient (Wildman–Crippen LogP) is 3.47. The number of nitrogens with zero attached hydrogens (tertiary/aromatic N) is 2. The first-order valence-corrected chi connectivity index (χ1v) is 7.47. The summed E-state index contributed by atoms with van der Waals surface area (Å²) >= 11 is 1.73. The van der Waals surface area contributed by atoms with Crippen LogP contribution in [0, 0.1) is 0 Å². The summed E-state index contributed by atoms with van der Waals surface area (Å²) in [6.07, 6.45) is 1.68. The first-order valence-electron chi connectivity index (χ1n) is 6.66. The van der Waals surface area contributed by atoms with Gasteiger partial charge in [0.25, 0.3) is 0 Å². The summed E-state index contributed by atoms with van der Waals surface area (Å²) in [6.45, 7) is 2.35. The lowest BCUT2D eigenvalue weighted by Crippen LogP contribution is -2.38. The van der Waals surface area contributed by atoms with E-state index in [-0.39, 0.29) is 6.10 Å². The number of ether oxygens (including phenoxy) is 1. The van der Waals surface area contributed by atoms with Crippen molar-refractivity contribution < 1.29 is 9.15 Å². The van der Waals surface area contributed by atoms with Gasteiger partial charge in [-0.2, -0.15) is 0 Å². The minimum absolute atomic E-state index is 0.00855. The second-order valence-electron chi connectivity index (χ2n) is 4.79. The van der Waals surface area contributed by atoms with E-state index < -0.39 is 0 Å². The summed E-state index contributed by atoms with van der Waals surface area (Å²) in [5.74, 6) is 0.885. The van der Waals surface area contributed by atoms with E-state index in [0.717, 1.165) is 29.5 Å². The lowest BCUT2D eigenvalue weighted by molar-refractivity contribution is 0.0257. The van der Waals surface area contributed by atoms with Crippen molar-refractivity contribution in [2.24, 2.45) is 0 Å². The average molecular weight is 286 g/mol. The molecule has 0 spiro atoms. The van der Waals surface area contributed by atoms with Gasteiger partial charge in [0, 0.05) is 6.54 Å². The third kappa shape index (κ3) is 2.09. The maximum absolute atomic E-state index is 5.79. The molecule has 1 aliphatic heterocycles. The SMILES string of the molecule is c1coc(C2CN(c3nc4ccccc4s3)CCO2)c1. The van der Waals surface area contributed by atoms with Crippen LogP contribution in [0.1, 0.15) is 11.9 Å². The van der Waals surface area contributed by atoms with Crippen LogP contribution in [0.15, 0.2) is 47.1 Å². The highest BCUT2D eigenvalue weighted by molar-refractivity contribution is 7.22. The highest BCUT2D eigenvalue weighted by Gasteiger charge is 2.25. The van der Waals surface area contributed by atoms with Crippen molar-refractivity contribution in [1.29, 1.82) is 0 Å². The topological polar surface area (TPSA) is 38.5 Å². The number of hydrogen-bond donors (Lipinski definition) is 0. The van der Waals surface area contributed by atoms with Crippen LogP contribution in [0.4, 0.5) is 5.13 Å². The van der Waals surface area contributed by atoms with Crippen molar-refractivity contribution in [2.75, 3.05) is 24.6 Å². The lowest BCUT2D eigenvalue weighted by Gasteiger charge is -2.31. The van der Waals surface area contributed by atoms with Crippen LogP contribution < -0.4 is 4.90 Å². The van der Waals surface area contributed by atoms with Gasteiger partial charge in [-0.25, -0.2) is 4.98 Å². The number of rotatable bonds is 2. The van der Waals surface area contributed by atoms with Crippen LogP contribution in [0.5, 0.6) is 0 Å². The van der Waals surface area contributed by atoms with Crippen molar-refractivity contribution in [3.8, 4) is 0 Å². The number of hydrogen-bond acceptors (Lipinski definition) is 5. The van der Waals surface area contributed by atoms with Gasteiger partial charge in [-0.1, -0.05) is 23.5 Å². The number of para-hydroxylation sites is 1. The summed E-state index contributed by atoms with van der Waals surface area (Å²) in [7, 11) is 0. The highest BCUT2D eigenvalue weighted by atomic mass is 32.1. The first kappa shape index (κ1) is 11.9. The summed E-state index contributed by atoms with van der Waals surface area (Å²) in [6, 6.07) is 12.1. The molecule has 4 nitrogen and oxygen atoms in total. The van der Waals surface area contributed by atoms with E-state index in [0.29, 0.717) is 6.61 Å². The van der Waals surface area contributed by atoms with E-state index in [4.69, 9.17) is 14.1 Å². The molecule has 0 aliphatic carbocycles. The minimum atomic E-state index is -0.00855. The van der Waals surface area contributed by atoms with Crippen molar-refractivity contribution in [3.63, 3.8) is 0 Å². The summed E-state index contributed by atoms with van der Waals surface area (Å²) in [5.41, 5.74) is 1.06. The molecule has 1 aromatic carbocycles. The van der Waals surface area contributed by atoms with E-state index in [9.17, 15) is 0 Å². The second kappa shape index (κ2) is 4.92. The molecule has 0 N–H and O–H groups in total. The highest BCUT2D eigenvalue weighted by Crippen LogP contribution is 2.32.